The molecule has 130 valence electrons. The Morgan fingerprint density at radius 1 is 1.04 bits per heavy atom. The minimum atomic E-state index is -0.391. The van der Waals surface area contributed by atoms with E-state index in [0.717, 1.165) is 25.9 Å². The van der Waals surface area contributed by atoms with Crippen LogP contribution < -0.4 is 0 Å². The van der Waals surface area contributed by atoms with Crippen LogP contribution in [0.2, 0.25) is 0 Å². The summed E-state index contributed by atoms with van der Waals surface area (Å²) in [7, 11) is 0. The molecule has 5 nitrogen and oxygen atoms in total. The molecular formula is C18H30N2O3. The van der Waals surface area contributed by atoms with Gasteiger partial charge in [0, 0.05) is 43.1 Å². The van der Waals surface area contributed by atoms with Crippen molar-refractivity contribution >= 4 is 12.0 Å². The molecule has 2 aliphatic rings. The van der Waals surface area contributed by atoms with Crippen LogP contribution in [0, 0.1) is 0 Å². The molecule has 2 fully saturated rings. The zero-order valence-corrected chi connectivity index (χ0v) is 14.9. The average Bonchev–Trinajstić information content (AvgIpc) is 2.45. The predicted octanol–water partition coefficient (Wildman–Crippen LogP) is 3.34. The van der Waals surface area contributed by atoms with Crippen LogP contribution in [0.3, 0.4) is 0 Å². The van der Waals surface area contributed by atoms with E-state index in [9.17, 15) is 9.59 Å². The second kappa shape index (κ2) is 6.54. The number of hydrogen-bond acceptors (Lipinski definition) is 3. The van der Waals surface area contributed by atoms with Crippen molar-refractivity contribution in [2.75, 3.05) is 13.1 Å². The molecule has 0 N–H and O–H groups in total. The largest absolute Gasteiger partial charge is 0.459 e. The number of ether oxygens (including phenoxy) is 1. The van der Waals surface area contributed by atoms with Crippen LogP contribution in [0.5, 0.6) is 0 Å². The van der Waals surface area contributed by atoms with E-state index in [2.05, 4.69) is 34.3 Å². The Labute approximate surface area is 139 Å². The fourth-order valence-corrected chi connectivity index (χ4v) is 4.23. The van der Waals surface area contributed by atoms with E-state index in [1.807, 2.05) is 9.80 Å². The summed E-state index contributed by atoms with van der Waals surface area (Å²) in [5, 5.41) is 0. The van der Waals surface area contributed by atoms with Gasteiger partial charge in [0.1, 0.15) is 6.10 Å². The van der Waals surface area contributed by atoms with Gasteiger partial charge in [0.2, 0.25) is 0 Å². The molecule has 0 spiro atoms. The van der Waals surface area contributed by atoms with Crippen molar-refractivity contribution in [3.63, 3.8) is 0 Å². The van der Waals surface area contributed by atoms with E-state index in [0.29, 0.717) is 12.8 Å². The van der Waals surface area contributed by atoms with Crippen molar-refractivity contribution in [3.8, 4) is 0 Å². The molecular weight excluding hydrogens is 292 g/mol. The van der Waals surface area contributed by atoms with Gasteiger partial charge < -0.3 is 14.5 Å². The molecule has 0 aromatic carbocycles. The molecule has 0 aromatic heterocycles. The van der Waals surface area contributed by atoms with Crippen molar-refractivity contribution in [2.45, 2.75) is 77.0 Å². The molecule has 2 aliphatic heterocycles. The first kappa shape index (κ1) is 17.8. The van der Waals surface area contributed by atoms with Crippen molar-refractivity contribution in [1.82, 2.24) is 9.80 Å². The summed E-state index contributed by atoms with van der Waals surface area (Å²) in [4.78, 5) is 28.6. The molecule has 0 saturated carbocycles. The summed E-state index contributed by atoms with van der Waals surface area (Å²) in [5.74, 6) is -0.391. The molecule has 2 amide bonds. The predicted molar refractivity (Wildman–Crippen MR) is 90.1 cm³/mol. The normalized spacial score (nSPS) is 24.2. The van der Waals surface area contributed by atoms with Gasteiger partial charge in [0.05, 0.1) is 0 Å². The smallest absolute Gasteiger partial charge is 0.330 e. The quantitative estimate of drug-likeness (QED) is 0.579. The summed E-state index contributed by atoms with van der Waals surface area (Å²) in [6, 6.07) is 0.119. The Morgan fingerprint density at radius 2 is 1.57 bits per heavy atom. The number of amides is 2. The van der Waals surface area contributed by atoms with Gasteiger partial charge in [0.15, 0.2) is 0 Å². The monoisotopic (exact) mass is 322 g/mol. The average molecular weight is 322 g/mol. The van der Waals surface area contributed by atoms with E-state index in [4.69, 9.17) is 4.74 Å². The Bertz CT molecular complexity index is 461. The Balaban J connectivity index is 2.17. The Morgan fingerprint density at radius 3 is 2.04 bits per heavy atom. The highest BCUT2D eigenvalue weighted by Crippen LogP contribution is 2.40. The third-order valence-electron chi connectivity index (χ3n) is 4.93. The molecule has 2 heterocycles. The Kier molecular flexibility index (Phi) is 5.07. The molecule has 2 saturated heterocycles. The van der Waals surface area contributed by atoms with Crippen LogP contribution in [-0.2, 0) is 9.53 Å². The molecule has 0 bridgehead atoms. The van der Waals surface area contributed by atoms with Crippen molar-refractivity contribution in [2.24, 2.45) is 0 Å². The van der Waals surface area contributed by atoms with E-state index in [-0.39, 0.29) is 23.2 Å². The van der Waals surface area contributed by atoms with Crippen LogP contribution in [0.4, 0.5) is 4.79 Å². The van der Waals surface area contributed by atoms with Crippen molar-refractivity contribution in [3.05, 3.63) is 12.7 Å². The first-order valence-electron chi connectivity index (χ1n) is 8.60. The minimum absolute atomic E-state index is 0.119. The maximum absolute atomic E-state index is 13.1. The number of piperidine rings is 2. The Hall–Kier alpha value is -1.52. The minimum Gasteiger partial charge on any atom is -0.459 e. The number of carbonyl (C=O) groups excluding carboxylic acids is 2. The van der Waals surface area contributed by atoms with Gasteiger partial charge in [-0.05, 0) is 47.0 Å². The number of urea groups is 1. The highest BCUT2D eigenvalue weighted by Gasteiger charge is 2.50. The zero-order chi connectivity index (χ0) is 17.3. The van der Waals surface area contributed by atoms with Gasteiger partial charge in [0.25, 0.3) is 0 Å². The van der Waals surface area contributed by atoms with E-state index < -0.39 is 5.97 Å². The number of nitrogens with zero attached hydrogens (tertiary/aromatic N) is 2. The number of carbonyl (C=O) groups is 2. The molecule has 0 unspecified atom stereocenters. The second-order valence-electron chi connectivity index (χ2n) is 7.96. The fourth-order valence-electron chi connectivity index (χ4n) is 4.23. The van der Waals surface area contributed by atoms with Gasteiger partial charge in [-0.1, -0.05) is 6.58 Å². The van der Waals surface area contributed by atoms with Crippen molar-refractivity contribution in [1.29, 1.82) is 0 Å². The van der Waals surface area contributed by atoms with E-state index in [1.165, 1.54) is 12.5 Å². The molecule has 0 radical (unpaired) electrons. The summed E-state index contributed by atoms with van der Waals surface area (Å²) >= 11 is 0. The third kappa shape index (κ3) is 3.88. The van der Waals surface area contributed by atoms with Gasteiger partial charge in [-0.25, -0.2) is 9.59 Å². The fraction of sp³-hybridized carbons (Fsp3) is 0.778. The summed E-state index contributed by atoms with van der Waals surface area (Å²) in [6.45, 7) is 13.4. The molecule has 2 rings (SSSR count). The second-order valence-corrected chi connectivity index (χ2v) is 7.96. The van der Waals surface area contributed by atoms with Gasteiger partial charge in [-0.3, -0.25) is 0 Å². The topological polar surface area (TPSA) is 49.9 Å². The lowest BCUT2D eigenvalue weighted by Crippen LogP contribution is -2.67. The lowest BCUT2D eigenvalue weighted by molar-refractivity contribution is -0.151. The molecule has 5 heteroatoms. The van der Waals surface area contributed by atoms with E-state index >= 15 is 0 Å². The van der Waals surface area contributed by atoms with Crippen LogP contribution >= 0.6 is 0 Å². The third-order valence-corrected chi connectivity index (χ3v) is 4.93. The maximum Gasteiger partial charge on any atom is 0.330 e. The summed E-state index contributed by atoms with van der Waals surface area (Å²) < 4.78 is 5.48. The van der Waals surface area contributed by atoms with Crippen molar-refractivity contribution < 1.29 is 14.3 Å². The SMILES string of the molecule is C=CC(=O)OC1CC(C)(C)N(C(=O)N2CCCCC2)C(C)(C)C1. The lowest BCUT2D eigenvalue weighted by Gasteiger charge is -2.55. The highest BCUT2D eigenvalue weighted by atomic mass is 16.5. The lowest BCUT2D eigenvalue weighted by atomic mass is 9.78. The first-order valence-corrected chi connectivity index (χ1v) is 8.60. The molecule has 23 heavy (non-hydrogen) atoms. The van der Waals surface area contributed by atoms with Gasteiger partial charge >= 0.3 is 12.0 Å². The molecule has 0 aliphatic carbocycles. The van der Waals surface area contributed by atoms with Gasteiger partial charge in [-0.15, -0.1) is 0 Å². The van der Waals surface area contributed by atoms with Gasteiger partial charge in [-0.2, -0.15) is 0 Å². The molecule has 0 atom stereocenters. The maximum atomic E-state index is 13.1. The van der Waals surface area contributed by atoms with Crippen LogP contribution in [0.15, 0.2) is 12.7 Å². The van der Waals surface area contributed by atoms with E-state index in [1.54, 1.807) is 0 Å². The number of likely N-dealkylation sites (tertiary alicyclic amines) is 2. The molecule has 0 aromatic rings. The number of rotatable bonds is 2. The van der Waals surface area contributed by atoms with Crippen LogP contribution in [-0.4, -0.2) is 52.1 Å². The highest BCUT2D eigenvalue weighted by molar-refractivity contribution is 5.81. The first-order chi connectivity index (χ1) is 10.7. The summed E-state index contributed by atoms with van der Waals surface area (Å²) in [5.41, 5.74) is -0.717. The standard InChI is InChI=1S/C18H30N2O3/c1-6-15(21)23-14-12-17(2,3)20(18(4,5)13-14)16(22)19-10-8-7-9-11-19/h6,14H,1,7-13H2,2-5H3. The van der Waals surface area contributed by atoms with Crippen LogP contribution in [0.1, 0.15) is 59.8 Å². The summed E-state index contributed by atoms with van der Waals surface area (Å²) in [6.07, 6.45) is 5.68. The number of hydrogen-bond donors (Lipinski definition) is 0. The van der Waals surface area contributed by atoms with Crippen LogP contribution in [0.25, 0.3) is 0 Å². The number of esters is 1. The zero-order valence-electron chi connectivity index (χ0n) is 14.9.